The summed E-state index contributed by atoms with van der Waals surface area (Å²) in [6, 6.07) is 8.26. The fourth-order valence-electron chi connectivity index (χ4n) is 1.56. The van der Waals surface area contributed by atoms with E-state index in [4.69, 9.17) is 0 Å². The van der Waals surface area contributed by atoms with Crippen molar-refractivity contribution < 1.29 is 5.11 Å². The SMILES string of the molecule is CCc1ccc(C(O)CC(C)C)cc1. The first-order valence-corrected chi connectivity index (χ1v) is 5.40. The zero-order valence-electron chi connectivity index (χ0n) is 9.33. The van der Waals surface area contributed by atoms with Crippen molar-refractivity contribution in [3.8, 4) is 0 Å². The molecule has 1 aromatic rings. The Morgan fingerprint density at radius 1 is 1.14 bits per heavy atom. The minimum atomic E-state index is -0.305. The van der Waals surface area contributed by atoms with E-state index in [0.29, 0.717) is 5.92 Å². The molecule has 1 nitrogen and oxygen atoms in total. The molecule has 0 bridgehead atoms. The number of aryl methyl sites for hydroxylation is 1. The molecule has 1 rings (SSSR count). The number of benzene rings is 1. The van der Waals surface area contributed by atoms with Crippen molar-refractivity contribution in [2.45, 2.75) is 39.7 Å². The van der Waals surface area contributed by atoms with Crippen LogP contribution in [0.2, 0.25) is 0 Å². The molecule has 1 atom stereocenters. The first-order valence-electron chi connectivity index (χ1n) is 5.40. The van der Waals surface area contributed by atoms with Crippen LogP contribution in [0, 0.1) is 5.92 Å². The Labute approximate surface area is 86.8 Å². The van der Waals surface area contributed by atoms with Crippen LogP contribution in [0.25, 0.3) is 0 Å². The molecule has 0 saturated heterocycles. The van der Waals surface area contributed by atoms with Crippen LogP contribution in [0.4, 0.5) is 0 Å². The monoisotopic (exact) mass is 192 g/mol. The molecular weight excluding hydrogens is 172 g/mol. The summed E-state index contributed by atoms with van der Waals surface area (Å²) in [4.78, 5) is 0. The maximum Gasteiger partial charge on any atom is 0.0792 e. The highest BCUT2D eigenvalue weighted by molar-refractivity contribution is 5.24. The molecule has 0 spiro atoms. The lowest BCUT2D eigenvalue weighted by molar-refractivity contribution is 0.151. The van der Waals surface area contributed by atoms with E-state index in [-0.39, 0.29) is 6.10 Å². The van der Waals surface area contributed by atoms with E-state index in [9.17, 15) is 5.11 Å². The van der Waals surface area contributed by atoms with Gasteiger partial charge in [0.1, 0.15) is 0 Å². The Kier molecular flexibility index (Phi) is 4.15. The van der Waals surface area contributed by atoms with Crippen molar-refractivity contribution in [3.05, 3.63) is 35.4 Å². The van der Waals surface area contributed by atoms with E-state index in [0.717, 1.165) is 18.4 Å². The van der Waals surface area contributed by atoms with Crippen LogP contribution in [0.15, 0.2) is 24.3 Å². The van der Waals surface area contributed by atoms with Crippen molar-refractivity contribution in [1.82, 2.24) is 0 Å². The van der Waals surface area contributed by atoms with Crippen LogP contribution in [0.3, 0.4) is 0 Å². The third kappa shape index (κ3) is 3.15. The van der Waals surface area contributed by atoms with E-state index >= 15 is 0 Å². The van der Waals surface area contributed by atoms with Crippen LogP contribution < -0.4 is 0 Å². The predicted molar refractivity (Wildman–Crippen MR) is 60.2 cm³/mol. The van der Waals surface area contributed by atoms with Gasteiger partial charge in [0, 0.05) is 0 Å². The van der Waals surface area contributed by atoms with Gasteiger partial charge in [-0.3, -0.25) is 0 Å². The van der Waals surface area contributed by atoms with E-state index in [1.807, 2.05) is 12.1 Å². The number of hydrogen-bond acceptors (Lipinski definition) is 1. The summed E-state index contributed by atoms with van der Waals surface area (Å²) in [6.07, 6.45) is 1.59. The third-order valence-electron chi connectivity index (χ3n) is 2.47. The fourth-order valence-corrected chi connectivity index (χ4v) is 1.56. The van der Waals surface area contributed by atoms with Crippen LogP contribution >= 0.6 is 0 Å². The topological polar surface area (TPSA) is 20.2 Å². The molecule has 0 heterocycles. The predicted octanol–water partition coefficient (Wildman–Crippen LogP) is 3.33. The second kappa shape index (κ2) is 5.16. The summed E-state index contributed by atoms with van der Waals surface area (Å²) in [7, 11) is 0. The summed E-state index contributed by atoms with van der Waals surface area (Å²) in [5, 5.41) is 9.85. The number of aliphatic hydroxyl groups excluding tert-OH is 1. The number of hydrogen-bond donors (Lipinski definition) is 1. The van der Waals surface area contributed by atoms with Gasteiger partial charge in [-0.25, -0.2) is 0 Å². The molecule has 78 valence electrons. The van der Waals surface area contributed by atoms with E-state index in [2.05, 4.69) is 32.9 Å². The first kappa shape index (κ1) is 11.3. The highest BCUT2D eigenvalue weighted by atomic mass is 16.3. The van der Waals surface area contributed by atoms with Gasteiger partial charge in [-0.15, -0.1) is 0 Å². The molecule has 0 aliphatic heterocycles. The molecule has 1 aromatic carbocycles. The number of aliphatic hydroxyl groups is 1. The quantitative estimate of drug-likeness (QED) is 0.775. The Hall–Kier alpha value is -0.820. The van der Waals surface area contributed by atoms with Gasteiger partial charge in [-0.2, -0.15) is 0 Å². The largest absolute Gasteiger partial charge is 0.388 e. The molecule has 0 aromatic heterocycles. The second-order valence-corrected chi connectivity index (χ2v) is 4.24. The van der Waals surface area contributed by atoms with Crippen molar-refractivity contribution >= 4 is 0 Å². The molecule has 14 heavy (non-hydrogen) atoms. The van der Waals surface area contributed by atoms with Crippen molar-refractivity contribution in [3.63, 3.8) is 0 Å². The molecule has 0 amide bonds. The normalized spacial score (nSPS) is 13.2. The van der Waals surface area contributed by atoms with Gasteiger partial charge >= 0.3 is 0 Å². The third-order valence-corrected chi connectivity index (χ3v) is 2.47. The Morgan fingerprint density at radius 2 is 1.71 bits per heavy atom. The van der Waals surface area contributed by atoms with Gasteiger partial charge in [0.05, 0.1) is 6.10 Å². The van der Waals surface area contributed by atoms with E-state index in [1.54, 1.807) is 0 Å². The standard InChI is InChI=1S/C13H20O/c1-4-11-5-7-12(8-6-11)13(14)9-10(2)3/h5-8,10,13-14H,4,9H2,1-3H3. The van der Waals surface area contributed by atoms with E-state index < -0.39 is 0 Å². The van der Waals surface area contributed by atoms with E-state index in [1.165, 1.54) is 5.56 Å². The molecule has 1 N–H and O–H groups in total. The molecule has 1 unspecified atom stereocenters. The average molecular weight is 192 g/mol. The summed E-state index contributed by atoms with van der Waals surface area (Å²) in [5.41, 5.74) is 2.36. The van der Waals surface area contributed by atoms with Crippen molar-refractivity contribution in [1.29, 1.82) is 0 Å². The lowest BCUT2D eigenvalue weighted by Gasteiger charge is -2.13. The molecule has 0 aliphatic carbocycles. The van der Waals surface area contributed by atoms with Crippen LogP contribution in [-0.4, -0.2) is 5.11 Å². The minimum Gasteiger partial charge on any atom is -0.388 e. The maximum absolute atomic E-state index is 9.85. The highest BCUT2D eigenvalue weighted by Crippen LogP contribution is 2.21. The average Bonchev–Trinajstić information content (AvgIpc) is 2.17. The van der Waals surface area contributed by atoms with Gasteiger partial charge < -0.3 is 5.11 Å². The van der Waals surface area contributed by atoms with Crippen LogP contribution in [0.5, 0.6) is 0 Å². The summed E-state index contributed by atoms with van der Waals surface area (Å²) >= 11 is 0. The number of rotatable bonds is 4. The zero-order chi connectivity index (χ0) is 10.6. The molecular formula is C13H20O. The van der Waals surface area contributed by atoms with Crippen molar-refractivity contribution in [2.24, 2.45) is 5.92 Å². The first-order chi connectivity index (χ1) is 6.63. The maximum atomic E-state index is 9.85. The second-order valence-electron chi connectivity index (χ2n) is 4.24. The van der Waals surface area contributed by atoms with Crippen LogP contribution in [0.1, 0.15) is 44.4 Å². The van der Waals surface area contributed by atoms with Gasteiger partial charge in [-0.1, -0.05) is 45.0 Å². The van der Waals surface area contributed by atoms with Gasteiger partial charge in [-0.05, 0) is 29.9 Å². The molecule has 0 aliphatic rings. The smallest absolute Gasteiger partial charge is 0.0792 e. The van der Waals surface area contributed by atoms with Crippen molar-refractivity contribution in [2.75, 3.05) is 0 Å². The summed E-state index contributed by atoms with van der Waals surface area (Å²) < 4.78 is 0. The molecule has 1 heteroatoms. The van der Waals surface area contributed by atoms with Gasteiger partial charge in [0.2, 0.25) is 0 Å². The van der Waals surface area contributed by atoms with Crippen LogP contribution in [-0.2, 0) is 6.42 Å². The summed E-state index contributed by atoms with van der Waals surface area (Å²) in [5.74, 6) is 0.538. The lowest BCUT2D eigenvalue weighted by Crippen LogP contribution is -2.01. The Balaban J connectivity index is 2.66. The lowest BCUT2D eigenvalue weighted by atomic mass is 9.98. The molecule has 0 saturated carbocycles. The molecule has 0 radical (unpaired) electrons. The van der Waals surface area contributed by atoms with Gasteiger partial charge in [0.15, 0.2) is 0 Å². The highest BCUT2D eigenvalue weighted by Gasteiger charge is 2.08. The Morgan fingerprint density at radius 3 is 2.14 bits per heavy atom. The Bertz CT molecular complexity index is 261. The fraction of sp³-hybridized carbons (Fsp3) is 0.538. The zero-order valence-corrected chi connectivity index (χ0v) is 9.33. The summed E-state index contributed by atoms with van der Waals surface area (Å²) in [6.45, 7) is 6.40. The molecule has 0 fully saturated rings. The minimum absolute atomic E-state index is 0.305. The van der Waals surface area contributed by atoms with Gasteiger partial charge in [0.25, 0.3) is 0 Å².